The number of aromatic nitrogens is 2. The van der Waals surface area contributed by atoms with Crippen LogP contribution in [0.15, 0.2) is 18.2 Å². The lowest BCUT2D eigenvalue weighted by Crippen LogP contribution is -2.24. The Balaban J connectivity index is 2.19. The van der Waals surface area contributed by atoms with Crippen LogP contribution in [0, 0.1) is 6.92 Å². The zero-order valence-electron chi connectivity index (χ0n) is 11.8. The summed E-state index contributed by atoms with van der Waals surface area (Å²) >= 11 is 0. The van der Waals surface area contributed by atoms with Crippen molar-refractivity contribution in [3.8, 4) is 0 Å². The summed E-state index contributed by atoms with van der Waals surface area (Å²) in [6, 6.07) is 6.69. The second kappa shape index (κ2) is 5.53. The number of aryl methyl sites for hydroxylation is 1. The summed E-state index contributed by atoms with van der Waals surface area (Å²) in [4.78, 5) is 10.5. The van der Waals surface area contributed by atoms with E-state index >= 15 is 0 Å². The highest BCUT2D eigenvalue weighted by molar-refractivity contribution is 5.75. The van der Waals surface area contributed by atoms with Gasteiger partial charge in [0.15, 0.2) is 0 Å². The number of rotatable bonds is 5. The molecule has 98 valence electrons. The molecule has 1 aromatic carbocycles. The molecule has 2 rings (SSSR count). The number of H-pyrrole nitrogens is 1. The maximum absolute atomic E-state index is 4.69. The summed E-state index contributed by atoms with van der Waals surface area (Å²) < 4.78 is 0. The minimum atomic E-state index is 0.337. The predicted molar refractivity (Wildman–Crippen MR) is 76.8 cm³/mol. The number of imidazole rings is 1. The van der Waals surface area contributed by atoms with E-state index in [1.54, 1.807) is 0 Å². The van der Waals surface area contributed by atoms with Crippen molar-refractivity contribution in [2.75, 3.05) is 13.6 Å². The van der Waals surface area contributed by atoms with Gasteiger partial charge in [0.1, 0.15) is 5.82 Å². The highest BCUT2D eigenvalue weighted by atomic mass is 15.2. The third-order valence-electron chi connectivity index (χ3n) is 3.58. The van der Waals surface area contributed by atoms with Crippen molar-refractivity contribution in [3.63, 3.8) is 0 Å². The van der Waals surface area contributed by atoms with E-state index in [2.05, 4.69) is 60.9 Å². The summed E-state index contributed by atoms with van der Waals surface area (Å²) in [6.07, 6.45) is 2.47. The second-order valence-corrected chi connectivity index (χ2v) is 5.15. The Labute approximate surface area is 109 Å². The average molecular weight is 245 g/mol. The molecular weight excluding hydrogens is 222 g/mol. The molecule has 3 nitrogen and oxygen atoms in total. The van der Waals surface area contributed by atoms with Crippen LogP contribution in [-0.4, -0.2) is 28.5 Å². The van der Waals surface area contributed by atoms with Crippen LogP contribution in [0.3, 0.4) is 0 Å². The standard InChI is InChI=1S/C15H23N3/c1-5-6-9-18(4)12(3)15-16-13-8-7-11(2)10-14(13)17-15/h7-8,10,12H,5-6,9H2,1-4H3,(H,16,17). The molecular formula is C15H23N3. The lowest BCUT2D eigenvalue weighted by Gasteiger charge is -2.22. The van der Waals surface area contributed by atoms with Crippen molar-refractivity contribution < 1.29 is 0 Å². The first-order valence-corrected chi connectivity index (χ1v) is 6.78. The Morgan fingerprint density at radius 2 is 2.17 bits per heavy atom. The fourth-order valence-electron chi connectivity index (χ4n) is 2.15. The van der Waals surface area contributed by atoms with Gasteiger partial charge in [-0.3, -0.25) is 4.90 Å². The first-order valence-electron chi connectivity index (χ1n) is 6.78. The molecule has 18 heavy (non-hydrogen) atoms. The van der Waals surface area contributed by atoms with E-state index in [1.807, 2.05) is 0 Å². The number of benzene rings is 1. The Bertz CT molecular complexity index is 515. The normalized spacial score (nSPS) is 13.4. The van der Waals surface area contributed by atoms with Crippen LogP contribution in [0.1, 0.15) is 44.1 Å². The van der Waals surface area contributed by atoms with Gasteiger partial charge in [-0.05, 0) is 51.6 Å². The quantitative estimate of drug-likeness (QED) is 0.871. The molecule has 0 aliphatic rings. The Morgan fingerprint density at radius 1 is 1.39 bits per heavy atom. The second-order valence-electron chi connectivity index (χ2n) is 5.15. The molecule has 0 aliphatic heterocycles. The van der Waals surface area contributed by atoms with Crippen molar-refractivity contribution in [2.24, 2.45) is 0 Å². The van der Waals surface area contributed by atoms with Gasteiger partial charge in [-0.15, -0.1) is 0 Å². The van der Waals surface area contributed by atoms with E-state index < -0.39 is 0 Å². The van der Waals surface area contributed by atoms with Crippen LogP contribution in [0.5, 0.6) is 0 Å². The van der Waals surface area contributed by atoms with Gasteiger partial charge in [-0.2, -0.15) is 0 Å². The first-order chi connectivity index (χ1) is 8.61. The molecule has 0 bridgehead atoms. The lowest BCUT2D eigenvalue weighted by atomic mass is 10.2. The van der Waals surface area contributed by atoms with Crippen molar-refractivity contribution >= 4 is 11.0 Å². The highest BCUT2D eigenvalue weighted by Gasteiger charge is 2.15. The molecule has 1 atom stereocenters. The van der Waals surface area contributed by atoms with E-state index in [0.717, 1.165) is 23.4 Å². The molecule has 0 aliphatic carbocycles. The third kappa shape index (κ3) is 2.72. The van der Waals surface area contributed by atoms with Gasteiger partial charge in [0.25, 0.3) is 0 Å². The molecule has 0 spiro atoms. The molecule has 0 amide bonds. The van der Waals surface area contributed by atoms with Gasteiger partial charge in [-0.25, -0.2) is 4.98 Å². The van der Waals surface area contributed by atoms with Crippen molar-refractivity contribution in [1.29, 1.82) is 0 Å². The minimum Gasteiger partial charge on any atom is -0.341 e. The monoisotopic (exact) mass is 245 g/mol. The van der Waals surface area contributed by atoms with Crippen LogP contribution < -0.4 is 0 Å². The van der Waals surface area contributed by atoms with Crippen LogP contribution in [-0.2, 0) is 0 Å². The molecule has 1 unspecified atom stereocenters. The molecule has 3 heteroatoms. The molecule has 0 saturated heterocycles. The maximum atomic E-state index is 4.69. The van der Waals surface area contributed by atoms with Crippen molar-refractivity contribution in [3.05, 3.63) is 29.6 Å². The fraction of sp³-hybridized carbons (Fsp3) is 0.533. The number of hydrogen-bond acceptors (Lipinski definition) is 2. The van der Waals surface area contributed by atoms with Crippen LogP contribution in [0.25, 0.3) is 11.0 Å². The molecule has 0 radical (unpaired) electrons. The van der Waals surface area contributed by atoms with E-state index in [-0.39, 0.29) is 0 Å². The van der Waals surface area contributed by atoms with E-state index in [0.29, 0.717) is 6.04 Å². The van der Waals surface area contributed by atoms with Crippen LogP contribution >= 0.6 is 0 Å². The van der Waals surface area contributed by atoms with Gasteiger partial charge in [0.05, 0.1) is 17.1 Å². The lowest BCUT2D eigenvalue weighted by molar-refractivity contribution is 0.250. The van der Waals surface area contributed by atoms with Gasteiger partial charge in [0.2, 0.25) is 0 Å². The van der Waals surface area contributed by atoms with E-state index in [4.69, 9.17) is 0 Å². The van der Waals surface area contributed by atoms with Crippen LogP contribution in [0.4, 0.5) is 0 Å². The van der Waals surface area contributed by atoms with Crippen molar-refractivity contribution in [2.45, 2.75) is 39.7 Å². The van der Waals surface area contributed by atoms with Gasteiger partial charge < -0.3 is 4.98 Å². The summed E-state index contributed by atoms with van der Waals surface area (Å²) in [5.74, 6) is 1.06. The minimum absolute atomic E-state index is 0.337. The van der Waals surface area contributed by atoms with Crippen LogP contribution in [0.2, 0.25) is 0 Å². The molecule has 1 heterocycles. The van der Waals surface area contributed by atoms with Crippen molar-refractivity contribution in [1.82, 2.24) is 14.9 Å². The number of hydrogen-bond donors (Lipinski definition) is 1. The number of unbranched alkanes of at least 4 members (excludes halogenated alkanes) is 1. The van der Waals surface area contributed by atoms with Gasteiger partial charge in [-0.1, -0.05) is 19.4 Å². The van der Waals surface area contributed by atoms with Gasteiger partial charge >= 0.3 is 0 Å². The molecule has 1 aromatic heterocycles. The summed E-state index contributed by atoms with van der Waals surface area (Å²) in [5.41, 5.74) is 3.47. The molecule has 1 N–H and O–H groups in total. The summed E-state index contributed by atoms with van der Waals surface area (Å²) in [6.45, 7) is 7.66. The number of nitrogens with zero attached hydrogens (tertiary/aromatic N) is 2. The van der Waals surface area contributed by atoms with Gasteiger partial charge in [0, 0.05) is 0 Å². The smallest absolute Gasteiger partial charge is 0.124 e. The molecule has 0 saturated carbocycles. The average Bonchev–Trinajstić information content (AvgIpc) is 2.77. The number of aromatic amines is 1. The topological polar surface area (TPSA) is 31.9 Å². The summed E-state index contributed by atoms with van der Waals surface area (Å²) in [5, 5.41) is 0. The Kier molecular flexibility index (Phi) is 4.02. The largest absolute Gasteiger partial charge is 0.341 e. The molecule has 0 fully saturated rings. The zero-order valence-corrected chi connectivity index (χ0v) is 11.8. The zero-order chi connectivity index (χ0) is 13.1. The maximum Gasteiger partial charge on any atom is 0.124 e. The number of fused-ring (bicyclic) bond motifs is 1. The summed E-state index contributed by atoms with van der Waals surface area (Å²) in [7, 11) is 2.17. The Morgan fingerprint density at radius 3 is 2.89 bits per heavy atom. The first kappa shape index (κ1) is 13.1. The Hall–Kier alpha value is -1.35. The highest BCUT2D eigenvalue weighted by Crippen LogP contribution is 2.20. The molecule has 2 aromatic rings. The van der Waals surface area contributed by atoms with E-state index in [9.17, 15) is 0 Å². The fourth-order valence-corrected chi connectivity index (χ4v) is 2.15. The third-order valence-corrected chi connectivity index (χ3v) is 3.58. The predicted octanol–water partition coefficient (Wildman–Crippen LogP) is 3.66. The SMILES string of the molecule is CCCCN(C)C(C)c1nc2ccc(C)cc2[nH]1. The van der Waals surface area contributed by atoms with E-state index in [1.165, 1.54) is 18.4 Å². The number of nitrogens with one attached hydrogen (secondary N) is 1.